The molecule has 0 aromatic heterocycles. The summed E-state index contributed by atoms with van der Waals surface area (Å²) >= 11 is 1.54. The van der Waals surface area contributed by atoms with E-state index in [9.17, 15) is 14.0 Å². The first-order valence-electron chi connectivity index (χ1n) is 6.69. The molecular formula is C16H11FN2O2S. The lowest BCUT2D eigenvalue weighted by Crippen LogP contribution is -2.43. The molecule has 22 heavy (non-hydrogen) atoms. The van der Waals surface area contributed by atoms with Gasteiger partial charge < -0.3 is 5.32 Å². The van der Waals surface area contributed by atoms with Crippen molar-refractivity contribution in [3.8, 4) is 11.1 Å². The molecule has 1 spiro atoms. The third kappa shape index (κ3) is 1.53. The van der Waals surface area contributed by atoms with Crippen LogP contribution in [0.2, 0.25) is 0 Å². The number of nitrogens with one attached hydrogen (secondary N) is 2. The Labute approximate surface area is 130 Å². The molecule has 1 unspecified atom stereocenters. The number of carbonyl (C=O) groups is 2. The van der Waals surface area contributed by atoms with Crippen molar-refractivity contribution >= 4 is 23.7 Å². The van der Waals surface area contributed by atoms with Crippen molar-refractivity contribution in [3.05, 3.63) is 53.3 Å². The Balaban J connectivity index is 2.09. The summed E-state index contributed by atoms with van der Waals surface area (Å²) in [6.45, 7) is 0. The molecule has 1 heterocycles. The average molecular weight is 314 g/mol. The maximum absolute atomic E-state index is 13.7. The van der Waals surface area contributed by atoms with Gasteiger partial charge in [-0.2, -0.15) is 0 Å². The standard InChI is InChI=1S/C16H11FN2O2S/c1-22-9-3-5-11-10-4-2-8(17)6-12(10)16(13(11)7-9)14(20)18-15(21)19-16/h2-7H,1H3,(H2,18,19,20,21). The van der Waals surface area contributed by atoms with Crippen LogP contribution < -0.4 is 10.6 Å². The quantitative estimate of drug-likeness (QED) is 0.628. The van der Waals surface area contributed by atoms with Crippen molar-refractivity contribution in [1.29, 1.82) is 0 Å². The fraction of sp³-hybridized carbons (Fsp3) is 0.125. The topological polar surface area (TPSA) is 58.2 Å². The van der Waals surface area contributed by atoms with Gasteiger partial charge in [0, 0.05) is 16.0 Å². The molecule has 2 aromatic rings. The molecule has 2 aliphatic rings. The molecule has 0 radical (unpaired) electrons. The average Bonchev–Trinajstić information content (AvgIpc) is 2.95. The zero-order chi connectivity index (χ0) is 15.5. The number of urea groups is 1. The fourth-order valence-corrected chi connectivity index (χ4v) is 3.68. The summed E-state index contributed by atoms with van der Waals surface area (Å²) in [5.41, 5.74) is 1.43. The van der Waals surface area contributed by atoms with Gasteiger partial charge in [-0.25, -0.2) is 9.18 Å². The lowest BCUT2D eigenvalue weighted by atomic mass is 9.87. The third-order valence-corrected chi connectivity index (χ3v) is 4.90. The highest BCUT2D eigenvalue weighted by Gasteiger charge is 2.55. The van der Waals surface area contributed by atoms with E-state index < -0.39 is 23.3 Å². The summed E-state index contributed by atoms with van der Waals surface area (Å²) in [6, 6.07) is 9.49. The van der Waals surface area contributed by atoms with Crippen LogP contribution in [0.3, 0.4) is 0 Å². The predicted octanol–water partition coefficient (Wildman–Crippen LogP) is 2.61. The van der Waals surface area contributed by atoms with Crippen molar-refractivity contribution in [2.24, 2.45) is 0 Å². The highest BCUT2D eigenvalue weighted by Crippen LogP contribution is 2.49. The minimum absolute atomic E-state index is 0.440. The summed E-state index contributed by atoms with van der Waals surface area (Å²) in [4.78, 5) is 25.2. The SMILES string of the molecule is CSc1ccc2c(c1)C1(NC(=O)NC1=O)c1cc(F)ccc1-2. The number of benzene rings is 2. The number of halogens is 1. The Morgan fingerprint density at radius 1 is 1.05 bits per heavy atom. The van der Waals surface area contributed by atoms with Crippen LogP contribution in [0.1, 0.15) is 11.1 Å². The smallest absolute Gasteiger partial charge is 0.316 e. The number of hydrogen-bond donors (Lipinski definition) is 2. The second-order valence-corrected chi connectivity index (χ2v) is 6.14. The maximum Gasteiger partial charge on any atom is 0.322 e. The van der Waals surface area contributed by atoms with Gasteiger partial charge in [-0.1, -0.05) is 12.1 Å². The van der Waals surface area contributed by atoms with Crippen LogP contribution in [-0.4, -0.2) is 18.2 Å². The van der Waals surface area contributed by atoms with Gasteiger partial charge in [0.15, 0.2) is 5.54 Å². The Morgan fingerprint density at radius 3 is 2.36 bits per heavy atom. The van der Waals surface area contributed by atoms with Gasteiger partial charge in [0.05, 0.1) is 0 Å². The minimum atomic E-state index is -1.34. The lowest BCUT2D eigenvalue weighted by Gasteiger charge is -2.23. The Morgan fingerprint density at radius 2 is 1.73 bits per heavy atom. The van der Waals surface area contributed by atoms with Crippen molar-refractivity contribution in [2.75, 3.05) is 6.26 Å². The molecule has 2 N–H and O–H groups in total. The number of carbonyl (C=O) groups excluding carboxylic acids is 2. The Bertz CT molecular complexity index is 852. The highest BCUT2D eigenvalue weighted by molar-refractivity contribution is 7.98. The number of fused-ring (bicyclic) bond motifs is 5. The Kier molecular flexibility index (Phi) is 2.62. The van der Waals surface area contributed by atoms with Gasteiger partial charge in [-0.3, -0.25) is 10.1 Å². The van der Waals surface area contributed by atoms with Crippen LogP contribution in [0.4, 0.5) is 9.18 Å². The maximum atomic E-state index is 13.7. The molecule has 1 atom stereocenters. The third-order valence-electron chi connectivity index (χ3n) is 4.18. The van der Waals surface area contributed by atoms with Crippen LogP contribution in [0, 0.1) is 5.82 Å². The second-order valence-electron chi connectivity index (χ2n) is 5.26. The van der Waals surface area contributed by atoms with E-state index in [0.717, 1.165) is 16.0 Å². The van der Waals surface area contributed by atoms with E-state index >= 15 is 0 Å². The molecule has 0 saturated carbocycles. The van der Waals surface area contributed by atoms with Gasteiger partial charge in [-0.05, 0) is 41.6 Å². The molecule has 110 valence electrons. The first-order valence-corrected chi connectivity index (χ1v) is 7.91. The van der Waals surface area contributed by atoms with Crippen molar-refractivity contribution in [2.45, 2.75) is 10.4 Å². The summed E-state index contributed by atoms with van der Waals surface area (Å²) in [5, 5.41) is 4.96. The Hall–Kier alpha value is -2.34. The fourth-order valence-electron chi connectivity index (χ4n) is 3.24. The minimum Gasteiger partial charge on any atom is -0.316 e. The lowest BCUT2D eigenvalue weighted by molar-refractivity contribution is -0.122. The van der Waals surface area contributed by atoms with Crippen molar-refractivity contribution in [3.63, 3.8) is 0 Å². The van der Waals surface area contributed by atoms with Crippen molar-refractivity contribution < 1.29 is 14.0 Å². The molecule has 1 aliphatic heterocycles. The first kappa shape index (κ1) is 13.3. The zero-order valence-electron chi connectivity index (χ0n) is 11.6. The zero-order valence-corrected chi connectivity index (χ0v) is 12.4. The van der Waals surface area contributed by atoms with E-state index in [0.29, 0.717) is 11.1 Å². The number of thioether (sulfide) groups is 1. The summed E-state index contributed by atoms with van der Waals surface area (Å²) in [5.74, 6) is -0.911. The molecular weight excluding hydrogens is 303 g/mol. The van der Waals surface area contributed by atoms with Crippen LogP contribution in [0.5, 0.6) is 0 Å². The summed E-state index contributed by atoms with van der Waals surface area (Å²) < 4.78 is 13.7. The summed E-state index contributed by atoms with van der Waals surface area (Å²) in [6.07, 6.45) is 1.93. The van der Waals surface area contributed by atoms with Crippen LogP contribution in [0.25, 0.3) is 11.1 Å². The molecule has 4 nitrogen and oxygen atoms in total. The van der Waals surface area contributed by atoms with Crippen LogP contribution in [0.15, 0.2) is 41.3 Å². The second kappa shape index (κ2) is 4.33. The summed E-state index contributed by atoms with van der Waals surface area (Å²) in [7, 11) is 0. The van der Waals surface area contributed by atoms with E-state index in [-0.39, 0.29) is 0 Å². The van der Waals surface area contributed by atoms with E-state index in [1.807, 2.05) is 24.5 Å². The predicted molar refractivity (Wildman–Crippen MR) is 81.1 cm³/mol. The van der Waals surface area contributed by atoms with Crippen LogP contribution in [-0.2, 0) is 10.3 Å². The molecule has 2 aromatic carbocycles. The van der Waals surface area contributed by atoms with Crippen molar-refractivity contribution in [1.82, 2.24) is 10.6 Å². The number of hydrogen-bond acceptors (Lipinski definition) is 3. The molecule has 3 amide bonds. The first-order chi connectivity index (χ1) is 10.6. The number of rotatable bonds is 1. The largest absolute Gasteiger partial charge is 0.322 e. The molecule has 6 heteroatoms. The monoisotopic (exact) mass is 314 g/mol. The molecule has 4 rings (SSSR count). The van der Waals surface area contributed by atoms with E-state index in [1.54, 1.807) is 17.8 Å². The number of imide groups is 1. The van der Waals surface area contributed by atoms with Gasteiger partial charge in [-0.15, -0.1) is 11.8 Å². The molecule has 1 aliphatic carbocycles. The number of amides is 3. The van der Waals surface area contributed by atoms with E-state index in [4.69, 9.17) is 0 Å². The normalized spacial score (nSPS) is 21.5. The van der Waals surface area contributed by atoms with Gasteiger partial charge in [0.2, 0.25) is 0 Å². The van der Waals surface area contributed by atoms with E-state index in [1.165, 1.54) is 12.1 Å². The molecule has 0 bridgehead atoms. The van der Waals surface area contributed by atoms with Gasteiger partial charge in [0.1, 0.15) is 5.82 Å². The van der Waals surface area contributed by atoms with E-state index in [2.05, 4.69) is 10.6 Å². The molecule has 1 fully saturated rings. The highest BCUT2D eigenvalue weighted by atomic mass is 32.2. The van der Waals surface area contributed by atoms with Gasteiger partial charge >= 0.3 is 6.03 Å². The van der Waals surface area contributed by atoms with Crippen LogP contribution >= 0.6 is 11.8 Å². The molecule has 1 saturated heterocycles. The van der Waals surface area contributed by atoms with Gasteiger partial charge in [0.25, 0.3) is 5.91 Å².